The molecular formula is C10H13N5O7P-. The molecule has 1 saturated heterocycles. The van der Waals surface area contributed by atoms with Crippen molar-refractivity contribution in [3.63, 3.8) is 0 Å². The molecule has 0 bridgehead atoms. The van der Waals surface area contributed by atoms with Gasteiger partial charge in [0.2, 0.25) is 5.95 Å². The van der Waals surface area contributed by atoms with Crippen LogP contribution in [-0.4, -0.2) is 58.8 Å². The smallest absolute Gasteiger partial charge is 0.280 e. The Morgan fingerprint density at radius 2 is 2.17 bits per heavy atom. The Hall–Kier alpha value is -1.82. The van der Waals surface area contributed by atoms with E-state index in [2.05, 4.69) is 15.0 Å². The summed E-state index contributed by atoms with van der Waals surface area (Å²) in [7, 11) is -5.00. The number of hydrogen-bond acceptors (Lipinski definition) is 9. The highest BCUT2D eigenvalue weighted by Gasteiger charge is 2.47. The van der Waals surface area contributed by atoms with Crippen LogP contribution in [0.25, 0.3) is 11.2 Å². The lowest BCUT2D eigenvalue weighted by molar-refractivity contribution is -0.206. The second kappa shape index (κ2) is 5.37. The first-order valence-corrected chi connectivity index (χ1v) is 8.09. The number of nitrogen functional groups attached to an aromatic ring is 1. The molecular weight excluding hydrogens is 333 g/mol. The van der Waals surface area contributed by atoms with Gasteiger partial charge in [-0.2, -0.15) is 4.98 Å². The average molecular weight is 346 g/mol. The number of anilines is 1. The molecule has 23 heavy (non-hydrogen) atoms. The fourth-order valence-electron chi connectivity index (χ4n) is 2.45. The molecule has 0 saturated carbocycles. The maximum atomic E-state index is 11.7. The van der Waals surface area contributed by atoms with Crippen molar-refractivity contribution in [2.75, 3.05) is 5.73 Å². The number of aliphatic hydroxyl groups is 2. The minimum atomic E-state index is -5.00. The summed E-state index contributed by atoms with van der Waals surface area (Å²) in [5.74, 6) is -2.08. The van der Waals surface area contributed by atoms with Crippen molar-refractivity contribution >= 4 is 24.7 Å². The van der Waals surface area contributed by atoms with Crippen LogP contribution >= 0.6 is 7.60 Å². The topological polar surface area (TPSA) is 200 Å². The fraction of sp³-hybridized carbons (Fsp3) is 0.500. The van der Waals surface area contributed by atoms with Crippen LogP contribution in [0.3, 0.4) is 0 Å². The Labute approximate surface area is 127 Å². The highest BCUT2D eigenvalue weighted by molar-refractivity contribution is 7.51. The van der Waals surface area contributed by atoms with Gasteiger partial charge in [-0.15, -0.1) is 0 Å². The maximum Gasteiger partial charge on any atom is 0.280 e. The number of imidazole rings is 1. The third-order valence-electron chi connectivity index (χ3n) is 3.53. The van der Waals surface area contributed by atoms with Gasteiger partial charge in [-0.05, 0) is 0 Å². The normalized spacial score (nSPS) is 30.6. The summed E-state index contributed by atoms with van der Waals surface area (Å²) >= 11 is 0. The van der Waals surface area contributed by atoms with Gasteiger partial charge in [0.25, 0.3) is 5.56 Å². The van der Waals surface area contributed by atoms with Crippen molar-refractivity contribution < 1.29 is 29.3 Å². The molecule has 0 aliphatic carbocycles. The largest absolute Gasteiger partial charge is 0.777 e. The van der Waals surface area contributed by atoms with Crippen LogP contribution < -0.4 is 16.2 Å². The van der Waals surface area contributed by atoms with Crippen LogP contribution in [0.15, 0.2) is 11.1 Å². The van der Waals surface area contributed by atoms with Gasteiger partial charge in [0.05, 0.1) is 12.9 Å². The summed E-state index contributed by atoms with van der Waals surface area (Å²) in [5.41, 5.74) is 5.00. The Balaban J connectivity index is 1.91. The first-order chi connectivity index (χ1) is 10.7. The average Bonchev–Trinajstić information content (AvgIpc) is 2.95. The van der Waals surface area contributed by atoms with Crippen LogP contribution in [0.2, 0.25) is 0 Å². The fourth-order valence-corrected chi connectivity index (χ4v) is 3.32. The monoisotopic (exact) mass is 346 g/mol. The van der Waals surface area contributed by atoms with Crippen molar-refractivity contribution in [2.24, 2.45) is 0 Å². The third kappa shape index (κ3) is 2.76. The molecule has 2 aromatic rings. The van der Waals surface area contributed by atoms with E-state index in [0.29, 0.717) is 0 Å². The van der Waals surface area contributed by atoms with Gasteiger partial charge in [-0.3, -0.25) is 9.78 Å². The van der Waals surface area contributed by atoms with Crippen molar-refractivity contribution in [2.45, 2.75) is 30.7 Å². The molecule has 1 aliphatic heterocycles. The number of nitrogens with zero attached hydrogens (tertiary/aromatic N) is 3. The molecule has 1 fully saturated rings. The van der Waals surface area contributed by atoms with Crippen molar-refractivity contribution in [1.82, 2.24) is 19.5 Å². The summed E-state index contributed by atoms with van der Waals surface area (Å²) in [6.07, 6.45) is -3.29. The lowest BCUT2D eigenvalue weighted by Gasteiger charge is -2.25. The Kier molecular flexibility index (Phi) is 3.75. The number of fused-ring (bicyclic) bond motifs is 1. The number of aromatic nitrogens is 4. The third-order valence-corrected chi connectivity index (χ3v) is 4.60. The number of ether oxygens (including phenoxy) is 1. The Bertz CT molecular complexity index is 844. The summed E-state index contributed by atoms with van der Waals surface area (Å²) in [6.45, 7) is -0.166. The molecule has 12 nitrogen and oxygen atoms in total. The molecule has 0 spiro atoms. The minimum absolute atomic E-state index is 0.000407. The van der Waals surface area contributed by atoms with E-state index >= 15 is 0 Å². The number of aliphatic hydroxyl groups excluding tert-OH is 2. The summed E-state index contributed by atoms with van der Waals surface area (Å²) < 4.78 is 17.5. The second-order valence-corrected chi connectivity index (χ2v) is 6.77. The van der Waals surface area contributed by atoms with Crippen molar-refractivity contribution in [1.29, 1.82) is 0 Å². The van der Waals surface area contributed by atoms with E-state index < -0.39 is 37.3 Å². The standard InChI is InChI=1S/C10H14N5O7P/c11-10-13-7-4(8(18)14-10)12-2-15(7)1-3-5(16)6(17)9(22-3)23(19,20)21/h2-3,5-6,9,16-17H,1H2,(H2,19,20,21)(H3,11,13,14,18)/p-1. The molecule has 0 amide bonds. The number of rotatable bonds is 3. The lowest BCUT2D eigenvalue weighted by Crippen LogP contribution is -2.35. The predicted octanol–water partition coefficient (Wildman–Crippen LogP) is -3.31. The zero-order valence-electron chi connectivity index (χ0n) is 11.4. The molecule has 5 unspecified atom stereocenters. The highest BCUT2D eigenvalue weighted by atomic mass is 31.2. The molecule has 0 aromatic carbocycles. The molecule has 3 rings (SSSR count). The molecule has 2 aromatic heterocycles. The Morgan fingerprint density at radius 1 is 1.48 bits per heavy atom. The van der Waals surface area contributed by atoms with Crippen LogP contribution in [0.4, 0.5) is 5.95 Å². The van der Waals surface area contributed by atoms with Crippen LogP contribution in [0.5, 0.6) is 0 Å². The minimum Gasteiger partial charge on any atom is -0.777 e. The summed E-state index contributed by atoms with van der Waals surface area (Å²) in [5, 5.41) is 19.5. The zero-order valence-corrected chi connectivity index (χ0v) is 12.3. The molecule has 3 heterocycles. The quantitative estimate of drug-likeness (QED) is 0.350. The zero-order chi connectivity index (χ0) is 16.9. The second-order valence-electron chi connectivity index (χ2n) is 5.13. The SMILES string of the molecule is Nc1nc2c(ncn2CC2OC(P(=O)([O-])O)C(O)C2O)c(=O)[nH]1. The van der Waals surface area contributed by atoms with E-state index in [9.17, 15) is 24.5 Å². The number of hydrogen-bond donors (Lipinski definition) is 5. The van der Waals surface area contributed by atoms with E-state index in [4.69, 9.17) is 15.4 Å². The number of aromatic amines is 1. The van der Waals surface area contributed by atoms with E-state index in [0.717, 1.165) is 0 Å². The predicted molar refractivity (Wildman–Crippen MR) is 73.1 cm³/mol. The van der Waals surface area contributed by atoms with Gasteiger partial charge < -0.3 is 39.6 Å². The first kappa shape index (κ1) is 16.1. The molecule has 126 valence electrons. The van der Waals surface area contributed by atoms with E-state index in [1.165, 1.54) is 10.9 Å². The molecule has 1 aliphatic rings. The van der Waals surface area contributed by atoms with E-state index in [1.807, 2.05) is 0 Å². The highest BCUT2D eigenvalue weighted by Crippen LogP contribution is 2.44. The molecule has 6 N–H and O–H groups in total. The van der Waals surface area contributed by atoms with E-state index in [1.54, 1.807) is 0 Å². The molecule has 13 heteroatoms. The van der Waals surface area contributed by atoms with Gasteiger partial charge in [0.1, 0.15) is 24.2 Å². The lowest BCUT2D eigenvalue weighted by atomic mass is 10.1. The maximum absolute atomic E-state index is 11.7. The van der Waals surface area contributed by atoms with Gasteiger partial charge in [0.15, 0.2) is 18.8 Å². The molecule has 5 atom stereocenters. The van der Waals surface area contributed by atoms with Gasteiger partial charge in [-0.1, -0.05) is 0 Å². The van der Waals surface area contributed by atoms with Crippen molar-refractivity contribution in [3.8, 4) is 0 Å². The van der Waals surface area contributed by atoms with Crippen molar-refractivity contribution in [3.05, 3.63) is 16.7 Å². The summed E-state index contributed by atoms with van der Waals surface area (Å²) in [4.78, 5) is 41.8. The number of nitrogens with two attached hydrogens (primary N) is 1. The Morgan fingerprint density at radius 3 is 2.78 bits per heavy atom. The summed E-state index contributed by atoms with van der Waals surface area (Å²) in [6, 6.07) is 0. The van der Waals surface area contributed by atoms with E-state index in [-0.39, 0.29) is 23.7 Å². The van der Waals surface area contributed by atoms with Gasteiger partial charge >= 0.3 is 0 Å². The van der Waals surface area contributed by atoms with Crippen LogP contribution in [-0.2, 0) is 15.8 Å². The molecule has 0 radical (unpaired) electrons. The van der Waals surface area contributed by atoms with Gasteiger partial charge in [0, 0.05) is 0 Å². The number of nitrogens with one attached hydrogen (secondary N) is 1. The number of H-pyrrole nitrogens is 1. The van der Waals surface area contributed by atoms with Gasteiger partial charge in [-0.25, -0.2) is 4.98 Å². The first-order valence-electron chi connectivity index (χ1n) is 6.44. The van der Waals surface area contributed by atoms with Crippen LogP contribution in [0, 0.1) is 0 Å². The van der Waals surface area contributed by atoms with Crippen LogP contribution in [0.1, 0.15) is 0 Å².